The minimum atomic E-state index is -3.24. The summed E-state index contributed by atoms with van der Waals surface area (Å²) < 4.78 is 24.4. The summed E-state index contributed by atoms with van der Waals surface area (Å²) >= 11 is 0. The van der Waals surface area contributed by atoms with E-state index < -0.39 is 18.8 Å². The quantitative estimate of drug-likeness (QED) is 0.773. The molecule has 2 aromatic heterocycles. The van der Waals surface area contributed by atoms with E-state index in [4.69, 9.17) is 9.05 Å². The lowest BCUT2D eigenvalue weighted by Gasteiger charge is -2.14. The van der Waals surface area contributed by atoms with Crippen LogP contribution < -0.4 is 11.2 Å². The fourth-order valence-electron chi connectivity index (χ4n) is 1.88. The van der Waals surface area contributed by atoms with Gasteiger partial charge in [-0.25, -0.2) is 9.78 Å². The number of nitrogens with one attached hydrogen (secondary N) is 1. The van der Waals surface area contributed by atoms with Gasteiger partial charge in [-0.1, -0.05) is 0 Å². The van der Waals surface area contributed by atoms with Gasteiger partial charge in [0, 0.05) is 27.8 Å². The average Bonchev–Trinajstić information content (AvgIpc) is 2.80. The van der Waals surface area contributed by atoms with Crippen molar-refractivity contribution in [3.63, 3.8) is 0 Å². The van der Waals surface area contributed by atoms with E-state index in [0.29, 0.717) is 0 Å². The maximum absolute atomic E-state index is 12.0. The number of hydrogen-bond donors (Lipinski definition) is 1. The van der Waals surface area contributed by atoms with E-state index in [9.17, 15) is 14.2 Å². The van der Waals surface area contributed by atoms with Crippen molar-refractivity contribution in [2.24, 2.45) is 7.05 Å². The van der Waals surface area contributed by atoms with Gasteiger partial charge >= 0.3 is 13.3 Å². The first kappa shape index (κ1) is 14.7. The van der Waals surface area contributed by atoms with Crippen molar-refractivity contribution in [2.45, 2.75) is 6.54 Å². The number of nitrogens with zero attached hydrogens (tertiary/aromatic N) is 3. The molecule has 0 aliphatic rings. The zero-order valence-electron chi connectivity index (χ0n) is 11.3. The summed E-state index contributed by atoms with van der Waals surface area (Å²) in [5, 5.41) is 0. The van der Waals surface area contributed by atoms with Crippen molar-refractivity contribution in [3.8, 4) is 0 Å². The van der Waals surface area contributed by atoms with Gasteiger partial charge in [-0.3, -0.25) is 18.9 Å². The summed E-state index contributed by atoms with van der Waals surface area (Å²) in [5.74, 6) is 0. The van der Waals surface area contributed by atoms with Crippen LogP contribution in [0.2, 0.25) is 0 Å². The molecule has 0 radical (unpaired) electrons. The molecule has 0 aliphatic carbocycles. The normalized spacial score (nSPS) is 12.2. The number of aryl methyl sites for hydroxylation is 2. The van der Waals surface area contributed by atoms with Gasteiger partial charge in [0.25, 0.3) is 5.56 Å². The largest absolute Gasteiger partial charge is 0.331 e. The summed E-state index contributed by atoms with van der Waals surface area (Å²) in [6, 6.07) is 0. The Balaban J connectivity index is 2.48. The van der Waals surface area contributed by atoms with Crippen LogP contribution in [0.5, 0.6) is 0 Å². The molecule has 0 atom stereocenters. The molecular formula is C10H15N4O5P. The number of rotatable bonds is 5. The second-order valence-corrected chi connectivity index (χ2v) is 6.54. The van der Waals surface area contributed by atoms with Gasteiger partial charge < -0.3 is 13.6 Å². The Morgan fingerprint density at radius 3 is 2.60 bits per heavy atom. The van der Waals surface area contributed by atoms with Crippen molar-refractivity contribution in [1.29, 1.82) is 0 Å². The van der Waals surface area contributed by atoms with Gasteiger partial charge in [0.2, 0.25) is 0 Å². The summed E-state index contributed by atoms with van der Waals surface area (Å²) in [6.07, 6.45) is 1.43. The summed E-state index contributed by atoms with van der Waals surface area (Å²) in [7, 11) is 0.960. The van der Waals surface area contributed by atoms with E-state index in [1.54, 1.807) is 7.05 Å². The molecule has 0 amide bonds. The van der Waals surface area contributed by atoms with E-state index in [-0.39, 0.29) is 23.9 Å². The fourth-order valence-corrected chi connectivity index (χ4v) is 2.84. The number of H-pyrrole nitrogens is 1. The van der Waals surface area contributed by atoms with E-state index in [1.807, 2.05) is 0 Å². The van der Waals surface area contributed by atoms with Gasteiger partial charge in [-0.2, -0.15) is 0 Å². The van der Waals surface area contributed by atoms with Gasteiger partial charge in [0.1, 0.15) is 0 Å². The lowest BCUT2D eigenvalue weighted by Crippen LogP contribution is -2.31. The molecule has 0 unspecified atom stereocenters. The first-order valence-corrected chi connectivity index (χ1v) is 7.49. The third-order valence-electron chi connectivity index (χ3n) is 3.01. The highest BCUT2D eigenvalue weighted by Crippen LogP contribution is 2.46. The third kappa shape index (κ3) is 2.47. The Kier molecular flexibility index (Phi) is 3.94. The van der Waals surface area contributed by atoms with Crippen LogP contribution in [0.15, 0.2) is 15.9 Å². The Bertz CT molecular complexity index is 781. The standard InChI is InChI=1S/C10H15N4O5P/c1-13-6-11-8-7(13)9(15)12-10(16)14(8)4-5-20(17,18-2)19-3/h6H,4-5H2,1-3H3,(H,12,15,16). The molecule has 1 N–H and O–H groups in total. The number of hydrogen-bond acceptors (Lipinski definition) is 6. The molecule has 0 saturated carbocycles. The highest BCUT2D eigenvalue weighted by atomic mass is 31.2. The van der Waals surface area contributed by atoms with Crippen LogP contribution in [-0.2, 0) is 27.2 Å². The van der Waals surface area contributed by atoms with Gasteiger partial charge in [0.15, 0.2) is 11.2 Å². The Hall–Kier alpha value is -1.70. The van der Waals surface area contributed by atoms with Crippen molar-refractivity contribution < 1.29 is 13.6 Å². The molecule has 2 rings (SSSR count). The van der Waals surface area contributed by atoms with Crippen molar-refractivity contribution in [1.82, 2.24) is 19.1 Å². The Morgan fingerprint density at radius 2 is 2.00 bits per heavy atom. The highest BCUT2D eigenvalue weighted by Gasteiger charge is 2.22. The molecular weight excluding hydrogens is 287 g/mol. The van der Waals surface area contributed by atoms with Crippen LogP contribution in [0.1, 0.15) is 0 Å². The number of imidazole rings is 1. The maximum atomic E-state index is 12.0. The SMILES string of the molecule is COP(=O)(CCn1c(=O)[nH]c(=O)c2c1ncn2C)OC. The van der Waals surface area contributed by atoms with Gasteiger partial charge in [-0.05, 0) is 0 Å². The van der Waals surface area contributed by atoms with Crippen LogP contribution >= 0.6 is 7.60 Å². The van der Waals surface area contributed by atoms with Crippen LogP contribution in [0.4, 0.5) is 0 Å². The molecule has 20 heavy (non-hydrogen) atoms. The summed E-state index contributed by atoms with van der Waals surface area (Å²) in [5.41, 5.74) is -0.614. The lowest BCUT2D eigenvalue weighted by molar-refractivity contribution is 0.274. The second-order valence-electron chi connectivity index (χ2n) is 4.14. The molecule has 0 bridgehead atoms. The van der Waals surface area contributed by atoms with Gasteiger partial charge in [-0.15, -0.1) is 0 Å². The van der Waals surface area contributed by atoms with Crippen LogP contribution in [0.3, 0.4) is 0 Å². The number of fused-ring (bicyclic) bond motifs is 1. The zero-order valence-corrected chi connectivity index (χ0v) is 12.2. The van der Waals surface area contributed by atoms with Crippen LogP contribution in [0.25, 0.3) is 11.2 Å². The van der Waals surface area contributed by atoms with Gasteiger partial charge in [0.05, 0.1) is 12.5 Å². The first-order valence-electron chi connectivity index (χ1n) is 5.76. The first-order chi connectivity index (χ1) is 9.41. The molecule has 0 spiro atoms. The molecule has 0 saturated heterocycles. The van der Waals surface area contributed by atoms with E-state index in [0.717, 1.165) is 0 Å². The summed E-state index contributed by atoms with van der Waals surface area (Å²) in [4.78, 5) is 29.8. The number of aromatic nitrogens is 4. The molecule has 2 heterocycles. The maximum Gasteiger partial charge on any atom is 0.331 e. The topological polar surface area (TPSA) is 108 Å². The molecule has 2 aromatic rings. The third-order valence-corrected chi connectivity index (χ3v) is 4.87. The molecule has 0 aliphatic heterocycles. The monoisotopic (exact) mass is 302 g/mol. The predicted octanol–water partition coefficient (Wildman–Crippen LogP) is -0.0908. The molecule has 10 heteroatoms. The van der Waals surface area contributed by atoms with Crippen molar-refractivity contribution in [2.75, 3.05) is 20.4 Å². The predicted molar refractivity (Wildman–Crippen MR) is 72.1 cm³/mol. The fraction of sp³-hybridized carbons (Fsp3) is 0.500. The molecule has 0 aromatic carbocycles. The summed E-state index contributed by atoms with van der Waals surface area (Å²) in [6.45, 7) is 0.0576. The molecule has 9 nitrogen and oxygen atoms in total. The average molecular weight is 302 g/mol. The van der Waals surface area contributed by atoms with E-state index in [1.165, 1.54) is 29.7 Å². The highest BCUT2D eigenvalue weighted by molar-refractivity contribution is 7.53. The Labute approximate surface area is 113 Å². The second kappa shape index (κ2) is 5.35. The Morgan fingerprint density at radius 1 is 1.35 bits per heavy atom. The molecule has 0 fully saturated rings. The van der Waals surface area contributed by atoms with Crippen molar-refractivity contribution >= 4 is 18.8 Å². The smallest absolute Gasteiger partial charge is 0.328 e. The minimum absolute atomic E-state index is 0.00236. The van der Waals surface area contributed by atoms with E-state index >= 15 is 0 Å². The number of aromatic amines is 1. The zero-order chi connectivity index (χ0) is 14.9. The van der Waals surface area contributed by atoms with Crippen LogP contribution in [0, 0.1) is 0 Å². The lowest BCUT2D eigenvalue weighted by atomic mass is 10.5. The molecule has 110 valence electrons. The van der Waals surface area contributed by atoms with E-state index in [2.05, 4.69) is 9.97 Å². The van der Waals surface area contributed by atoms with Crippen LogP contribution in [-0.4, -0.2) is 39.5 Å². The van der Waals surface area contributed by atoms with Crippen molar-refractivity contribution in [3.05, 3.63) is 27.2 Å². The minimum Gasteiger partial charge on any atom is -0.328 e.